The lowest BCUT2D eigenvalue weighted by atomic mass is 9.90. The molecule has 0 N–H and O–H groups in total. The Balaban J connectivity index is 3.01. The summed E-state index contributed by atoms with van der Waals surface area (Å²) in [5, 5.41) is 0. The fraction of sp³-hybridized carbons (Fsp3) is 0.786. The number of hydrogen-bond donors (Lipinski definition) is 0. The van der Waals surface area contributed by atoms with E-state index in [4.69, 9.17) is 9.47 Å². The minimum Gasteiger partial charge on any atom is -0.464 e. The molecule has 0 bridgehead atoms. The minimum absolute atomic E-state index is 0.201. The van der Waals surface area contributed by atoms with Gasteiger partial charge >= 0.3 is 12.1 Å². The van der Waals surface area contributed by atoms with E-state index in [2.05, 4.69) is 0 Å². The summed E-state index contributed by atoms with van der Waals surface area (Å²) in [6.07, 6.45) is -0.560. The summed E-state index contributed by atoms with van der Waals surface area (Å²) in [5.74, 6) is -0.984. The number of carbonyl (C=O) groups excluding carboxylic acids is 3. The van der Waals surface area contributed by atoms with E-state index < -0.39 is 35.0 Å². The first kappa shape index (κ1) is 16.5. The zero-order valence-electron chi connectivity index (χ0n) is 13.0. The summed E-state index contributed by atoms with van der Waals surface area (Å²) in [7, 11) is 0. The Morgan fingerprint density at radius 2 is 1.90 bits per heavy atom. The molecule has 0 spiro atoms. The molecule has 0 aromatic rings. The van der Waals surface area contributed by atoms with Crippen molar-refractivity contribution >= 4 is 18.0 Å². The Labute approximate surface area is 119 Å². The molecule has 114 valence electrons. The van der Waals surface area contributed by atoms with Crippen LogP contribution in [0.1, 0.15) is 48.0 Å². The molecule has 1 aliphatic heterocycles. The Kier molecular flexibility index (Phi) is 4.46. The normalized spacial score (nSPS) is 21.8. The topological polar surface area (TPSA) is 72.9 Å². The third-order valence-electron chi connectivity index (χ3n) is 2.96. The van der Waals surface area contributed by atoms with Crippen LogP contribution in [-0.4, -0.2) is 41.1 Å². The molecular weight excluding hydrogens is 262 g/mol. The average Bonchev–Trinajstić information content (AvgIpc) is 2.48. The molecule has 0 unspecified atom stereocenters. The molecule has 0 aromatic carbocycles. The lowest BCUT2D eigenvalue weighted by molar-refractivity contribution is -0.151. The zero-order chi connectivity index (χ0) is 15.7. The number of nitrogens with zero attached hydrogens (tertiary/aromatic N) is 1. The molecule has 0 aliphatic carbocycles. The van der Waals surface area contributed by atoms with Crippen LogP contribution in [0, 0.1) is 5.41 Å². The van der Waals surface area contributed by atoms with Gasteiger partial charge in [0, 0.05) is 5.41 Å². The van der Waals surface area contributed by atoms with Gasteiger partial charge in [0.1, 0.15) is 11.6 Å². The van der Waals surface area contributed by atoms with Gasteiger partial charge in [-0.25, -0.2) is 14.5 Å². The quantitative estimate of drug-likeness (QED) is 0.726. The monoisotopic (exact) mass is 285 g/mol. The van der Waals surface area contributed by atoms with Crippen molar-refractivity contribution in [2.75, 3.05) is 6.61 Å². The van der Waals surface area contributed by atoms with Crippen LogP contribution in [-0.2, 0) is 19.1 Å². The summed E-state index contributed by atoms with van der Waals surface area (Å²) in [4.78, 5) is 37.3. The standard InChI is InChI=1S/C14H23NO5/c1-7-19-10(16)9-8-14(5,6)11(17)15(9)12(18)20-13(2,3)4/h9H,7-8H2,1-6H3/t9-/m1/s1. The Morgan fingerprint density at radius 3 is 2.35 bits per heavy atom. The fourth-order valence-corrected chi connectivity index (χ4v) is 2.08. The second-order valence-electron chi connectivity index (χ2n) is 6.51. The smallest absolute Gasteiger partial charge is 0.417 e. The van der Waals surface area contributed by atoms with Crippen molar-refractivity contribution in [3.63, 3.8) is 0 Å². The van der Waals surface area contributed by atoms with E-state index in [1.54, 1.807) is 41.5 Å². The molecule has 1 rings (SSSR count). The number of carbonyl (C=O) groups is 3. The molecule has 1 aliphatic rings. The summed E-state index contributed by atoms with van der Waals surface area (Å²) in [6, 6.07) is -0.910. The molecule has 1 atom stereocenters. The minimum atomic E-state index is -0.910. The maximum Gasteiger partial charge on any atom is 0.417 e. The molecule has 6 heteroatoms. The highest BCUT2D eigenvalue weighted by molar-refractivity contribution is 6.02. The number of imide groups is 1. The van der Waals surface area contributed by atoms with E-state index in [0.717, 1.165) is 4.90 Å². The van der Waals surface area contributed by atoms with Gasteiger partial charge in [-0.05, 0) is 34.1 Å². The molecule has 6 nitrogen and oxygen atoms in total. The molecule has 1 saturated heterocycles. The van der Waals surface area contributed by atoms with E-state index in [1.807, 2.05) is 0 Å². The second-order valence-corrected chi connectivity index (χ2v) is 6.51. The van der Waals surface area contributed by atoms with E-state index in [0.29, 0.717) is 0 Å². The van der Waals surface area contributed by atoms with E-state index in [1.165, 1.54) is 0 Å². The number of hydrogen-bond acceptors (Lipinski definition) is 5. The van der Waals surface area contributed by atoms with Crippen LogP contribution in [0.3, 0.4) is 0 Å². The molecule has 20 heavy (non-hydrogen) atoms. The van der Waals surface area contributed by atoms with Crippen LogP contribution < -0.4 is 0 Å². The summed E-state index contributed by atoms with van der Waals surface area (Å²) >= 11 is 0. The maximum atomic E-state index is 12.3. The van der Waals surface area contributed by atoms with Crippen molar-refractivity contribution in [1.29, 1.82) is 0 Å². The Morgan fingerprint density at radius 1 is 1.35 bits per heavy atom. The highest BCUT2D eigenvalue weighted by Gasteiger charge is 2.52. The fourth-order valence-electron chi connectivity index (χ4n) is 2.08. The molecule has 2 amide bonds. The highest BCUT2D eigenvalue weighted by Crippen LogP contribution is 2.36. The first-order chi connectivity index (χ1) is 8.99. The summed E-state index contributed by atoms with van der Waals surface area (Å²) < 4.78 is 10.1. The first-order valence-corrected chi connectivity index (χ1v) is 6.73. The van der Waals surface area contributed by atoms with Crippen LogP contribution in [0.15, 0.2) is 0 Å². The van der Waals surface area contributed by atoms with Crippen molar-refractivity contribution in [3.8, 4) is 0 Å². The third kappa shape index (κ3) is 3.49. The summed E-state index contributed by atoms with van der Waals surface area (Å²) in [5.41, 5.74) is -1.52. The van der Waals surface area contributed by atoms with Gasteiger partial charge < -0.3 is 9.47 Å². The van der Waals surface area contributed by atoms with E-state index in [-0.39, 0.29) is 13.0 Å². The highest BCUT2D eigenvalue weighted by atomic mass is 16.6. The average molecular weight is 285 g/mol. The van der Waals surface area contributed by atoms with Gasteiger partial charge in [0.2, 0.25) is 5.91 Å². The van der Waals surface area contributed by atoms with Gasteiger partial charge in [-0.1, -0.05) is 13.8 Å². The molecule has 0 radical (unpaired) electrons. The third-order valence-corrected chi connectivity index (χ3v) is 2.96. The van der Waals surface area contributed by atoms with Gasteiger partial charge in [-0.15, -0.1) is 0 Å². The van der Waals surface area contributed by atoms with Crippen molar-refractivity contribution in [2.24, 2.45) is 5.41 Å². The molecule has 0 aromatic heterocycles. The SMILES string of the molecule is CCOC(=O)[C@H]1CC(C)(C)C(=O)N1C(=O)OC(C)(C)C. The second kappa shape index (κ2) is 5.42. The molecule has 1 fully saturated rings. The number of ether oxygens (including phenoxy) is 2. The van der Waals surface area contributed by atoms with Gasteiger partial charge in [0.05, 0.1) is 6.61 Å². The van der Waals surface area contributed by atoms with E-state index >= 15 is 0 Å². The van der Waals surface area contributed by atoms with Gasteiger partial charge in [-0.3, -0.25) is 4.79 Å². The Bertz CT molecular complexity index is 422. The van der Waals surface area contributed by atoms with Gasteiger partial charge in [-0.2, -0.15) is 0 Å². The van der Waals surface area contributed by atoms with Gasteiger partial charge in [0.15, 0.2) is 0 Å². The maximum absolute atomic E-state index is 12.3. The Hall–Kier alpha value is -1.59. The molecular formula is C14H23NO5. The lowest BCUT2D eigenvalue weighted by Crippen LogP contribution is -2.46. The summed E-state index contributed by atoms with van der Waals surface area (Å²) in [6.45, 7) is 10.4. The van der Waals surface area contributed by atoms with Crippen LogP contribution in [0.2, 0.25) is 0 Å². The van der Waals surface area contributed by atoms with Crippen molar-refractivity contribution in [1.82, 2.24) is 4.90 Å². The number of likely N-dealkylation sites (tertiary alicyclic amines) is 1. The molecule has 1 heterocycles. The van der Waals surface area contributed by atoms with Crippen LogP contribution >= 0.6 is 0 Å². The van der Waals surface area contributed by atoms with Crippen LogP contribution in [0.4, 0.5) is 4.79 Å². The zero-order valence-corrected chi connectivity index (χ0v) is 13.0. The van der Waals surface area contributed by atoms with Crippen molar-refractivity contribution in [2.45, 2.75) is 59.6 Å². The van der Waals surface area contributed by atoms with Crippen molar-refractivity contribution < 1.29 is 23.9 Å². The first-order valence-electron chi connectivity index (χ1n) is 6.73. The number of amides is 2. The van der Waals surface area contributed by atoms with E-state index in [9.17, 15) is 14.4 Å². The number of esters is 1. The predicted molar refractivity (Wildman–Crippen MR) is 71.9 cm³/mol. The van der Waals surface area contributed by atoms with Gasteiger partial charge in [0.25, 0.3) is 0 Å². The lowest BCUT2D eigenvalue weighted by Gasteiger charge is -2.26. The molecule has 0 saturated carbocycles. The largest absolute Gasteiger partial charge is 0.464 e. The predicted octanol–water partition coefficient (Wildman–Crippen LogP) is 2.11. The van der Waals surface area contributed by atoms with Crippen molar-refractivity contribution in [3.05, 3.63) is 0 Å². The van der Waals surface area contributed by atoms with Crippen LogP contribution in [0.5, 0.6) is 0 Å². The van der Waals surface area contributed by atoms with Crippen LogP contribution in [0.25, 0.3) is 0 Å². The number of rotatable bonds is 2.